The lowest BCUT2D eigenvalue weighted by Crippen LogP contribution is -2.51. The van der Waals surface area contributed by atoms with Crippen LogP contribution in [0.5, 0.6) is 0 Å². The summed E-state index contributed by atoms with van der Waals surface area (Å²) >= 11 is 0. The van der Waals surface area contributed by atoms with E-state index in [1.54, 1.807) is 14.0 Å². The molecule has 2 aromatic carbocycles. The lowest BCUT2D eigenvalue weighted by atomic mass is 10.0. The van der Waals surface area contributed by atoms with Crippen LogP contribution in [-0.4, -0.2) is 63.5 Å². The van der Waals surface area contributed by atoms with E-state index in [0.717, 1.165) is 43.0 Å². The number of sulfone groups is 1. The molecule has 53 heavy (non-hydrogen) atoms. The Balaban J connectivity index is 0.000000845. The van der Waals surface area contributed by atoms with Crippen LogP contribution < -0.4 is 16.0 Å². The third-order valence-electron chi connectivity index (χ3n) is 8.53. The van der Waals surface area contributed by atoms with Crippen LogP contribution in [0.1, 0.15) is 82.9 Å². The molecule has 0 radical (unpaired) electrons. The normalized spacial score (nSPS) is 13.6. The predicted molar refractivity (Wildman–Crippen MR) is 203 cm³/mol. The van der Waals surface area contributed by atoms with E-state index < -0.39 is 56.5 Å². The van der Waals surface area contributed by atoms with Crippen LogP contribution in [0.3, 0.4) is 0 Å². The van der Waals surface area contributed by atoms with Crippen molar-refractivity contribution >= 4 is 22.0 Å². The molecular weight excluding hydrogens is 714 g/mol. The maximum Gasteiger partial charge on any atom is 0.416 e. The van der Waals surface area contributed by atoms with Crippen LogP contribution in [0.2, 0.25) is 0 Å². The minimum Gasteiger partial charge on any atom is -0.352 e. The fourth-order valence-electron chi connectivity index (χ4n) is 5.53. The molecule has 7 nitrogen and oxygen atoms in total. The first-order chi connectivity index (χ1) is 25.1. The van der Waals surface area contributed by atoms with Crippen LogP contribution in [0.15, 0.2) is 78.4 Å². The zero-order chi connectivity index (χ0) is 40.0. The number of hydrogen-bond donors (Lipinski definition) is 3. The number of halogens is 5. The zero-order valence-corrected chi connectivity index (χ0v) is 32.3. The SMILES string of the molecule is C=C/C(=C\C=C(\C=O)CC)C(F)(F)F.CCCC(CCC)S(=O)(=O)CC(NC)C(=O)N[C@H](CCNCc1cccc(CC)c1)Cc1cc(F)cc(F)c1. The van der Waals surface area contributed by atoms with Gasteiger partial charge >= 0.3 is 6.18 Å². The number of rotatable bonds is 22. The maximum atomic E-state index is 13.9. The number of likely N-dealkylation sites (N-methyl/N-ethyl adjacent to an activating group) is 1. The number of alkyl halides is 3. The maximum absolute atomic E-state index is 13.9. The minimum absolute atomic E-state index is 0.213. The second kappa shape index (κ2) is 24.6. The molecule has 0 aliphatic rings. The van der Waals surface area contributed by atoms with Crippen molar-refractivity contribution in [1.82, 2.24) is 16.0 Å². The molecule has 3 N–H and O–H groups in total. The summed E-state index contributed by atoms with van der Waals surface area (Å²) in [4.78, 5) is 23.5. The van der Waals surface area contributed by atoms with Gasteiger partial charge in [0.15, 0.2) is 9.84 Å². The molecule has 0 aliphatic carbocycles. The van der Waals surface area contributed by atoms with Gasteiger partial charge in [-0.1, -0.05) is 83.5 Å². The Morgan fingerprint density at radius 1 is 0.906 bits per heavy atom. The van der Waals surface area contributed by atoms with Crippen molar-refractivity contribution in [2.75, 3.05) is 19.3 Å². The van der Waals surface area contributed by atoms with Gasteiger partial charge in [0.05, 0.1) is 16.6 Å². The van der Waals surface area contributed by atoms with Gasteiger partial charge in [-0.2, -0.15) is 13.2 Å². The molecule has 0 fully saturated rings. The van der Waals surface area contributed by atoms with Crippen LogP contribution in [0.25, 0.3) is 0 Å². The van der Waals surface area contributed by atoms with Crippen molar-refractivity contribution in [3.05, 3.63) is 107 Å². The Morgan fingerprint density at radius 2 is 1.53 bits per heavy atom. The summed E-state index contributed by atoms with van der Waals surface area (Å²) in [7, 11) is -1.93. The largest absolute Gasteiger partial charge is 0.416 e. The highest BCUT2D eigenvalue weighted by molar-refractivity contribution is 7.92. The molecule has 296 valence electrons. The van der Waals surface area contributed by atoms with Crippen LogP contribution in [0, 0.1) is 11.6 Å². The van der Waals surface area contributed by atoms with Gasteiger partial charge in [0.1, 0.15) is 24.0 Å². The first-order valence-corrected chi connectivity index (χ1v) is 19.8. The molecule has 0 heterocycles. The van der Waals surface area contributed by atoms with Gasteiger partial charge in [0, 0.05) is 18.7 Å². The van der Waals surface area contributed by atoms with Gasteiger partial charge in [-0.15, -0.1) is 0 Å². The van der Waals surface area contributed by atoms with Gasteiger partial charge in [-0.25, -0.2) is 17.2 Å². The zero-order valence-electron chi connectivity index (χ0n) is 31.5. The first kappa shape index (κ1) is 47.3. The Hall–Kier alpha value is -3.68. The molecule has 0 saturated heterocycles. The minimum atomic E-state index is -4.42. The number of carbonyl (C=O) groups excluding carboxylic acids is 2. The van der Waals surface area contributed by atoms with E-state index in [0.29, 0.717) is 62.3 Å². The molecule has 0 aliphatic heterocycles. The highest BCUT2D eigenvalue weighted by Gasteiger charge is 2.32. The summed E-state index contributed by atoms with van der Waals surface area (Å²) in [5.41, 5.74) is 2.28. The molecule has 0 bridgehead atoms. The summed E-state index contributed by atoms with van der Waals surface area (Å²) in [6.45, 7) is 12.0. The molecule has 1 unspecified atom stereocenters. The molecule has 2 rings (SSSR count). The van der Waals surface area contributed by atoms with Crippen molar-refractivity contribution in [2.45, 2.75) is 109 Å². The number of aldehydes is 1. The van der Waals surface area contributed by atoms with Crippen molar-refractivity contribution < 1.29 is 40.0 Å². The monoisotopic (exact) mass is 769 g/mol. The highest BCUT2D eigenvalue weighted by atomic mass is 32.2. The van der Waals surface area contributed by atoms with E-state index in [4.69, 9.17) is 0 Å². The van der Waals surface area contributed by atoms with Crippen molar-refractivity contribution in [3.8, 4) is 0 Å². The van der Waals surface area contributed by atoms with E-state index >= 15 is 0 Å². The molecule has 2 atom stereocenters. The van der Waals surface area contributed by atoms with Gasteiger partial charge < -0.3 is 16.0 Å². The van der Waals surface area contributed by atoms with Gasteiger partial charge in [-0.3, -0.25) is 9.59 Å². The molecule has 0 saturated carbocycles. The Morgan fingerprint density at radius 3 is 2.04 bits per heavy atom. The fraction of sp³-hybridized carbons (Fsp3) is 0.500. The third kappa shape index (κ3) is 18.3. The third-order valence-corrected chi connectivity index (χ3v) is 10.8. The standard InChI is InChI=1S/C30H45F2N3O3S.C10H11F3O/c1-5-9-28(10-6-2)39(37,38)21-29(33-4)30(36)35-27(18-24-16-25(31)19-26(32)17-24)13-14-34-20-23-12-8-11-22(7-3)15-23;1-3-8(7-14)5-6-9(4-2)10(11,12)13/h8,11-12,15-17,19,27-29,33-34H,5-7,9-10,13-14,18,20-21H2,1-4H3,(H,35,36);4-7H,2-3H2,1H3/b;8-5+,9-6+/t27-,29?;/m1./s1. The highest BCUT2D eigenvalue weighted by Crippen LogP contribution is 2.26. The number of amides is 1. The Bertz CT molecular complexity index is 1580. The van der Waals surface area contributed by atoms with E-state index in [9.17, 15) is 40.0 Å². The second-order valence-corrected chi connectivity index (χ2v) is 15.1. The summed E-state index contributed by atoms with van der Waals surface area (Å²) in [5, 5.41) is 8.71. The fourth-order valence-corrected chi connectivity index (χ4v) is 7.77. The van der Waals surface area contributed by atoms with Gasteiger partial charge in [-0.05, 0) is 92.6 Å². The van der Waals surface area contributed by atoms with Crippen LogP contribution in [-0.2, 0) is 38.8 Å². The van der Waals surface area contributed by atoms with E-state index in [-0.39, 0.29) is 12.2 Å². The molecule has 13 heteroatoms. The number of benzene rings is 2. The Kier molecular flexibility index (Phi) is 22.0. The lowest BCUT2D eigenvalue weighted by molar-refractivity contribution is -0.123. The van der Waals surface area contributed by atoms with E-state index in [1.807, 2.05) is 26.0 Å². The van der Waals surface area contributed by atoms with E-state index in [2.05, 4.69) is 41.6 Å². The topological polar surface area (TPSA) is 104 Å². The predicted octanol–water partition coefficient (Wildman–Crippen LogP) is 7.90. The van der Waals surface area contributed by atoms with Gasteiger partial charge in [0.2, 0.25) is 5.91 Å². The quantitative estimate of drug-likeness (QED) is 0.0370. The first-order valence-electron chi connectivity index (χ1n) is 18.0. The van der Waals surface area contributed by atoms with Gasteiger partial charge in [0.25, 0.3) is 0 Å². The van der Waals surface area contributed by atoms with Crippen LogP contribution >= 0.6 is 0 Å². The summed E-state index contributed by atoms with van der Waals surface area (Å²) < 4.78 is 90.3. The molecule has 1 amide bonds. The Labute approximate surface area is 312 Å². The molecule has 0 spiro atoms. The van der Waals surface area contributed by atoms with Crippen molar-refractivity contribution in [1.29, 1.82) is 0 Å². The smallest absolute Gasteiger partial charge is 0.352 e. The summed E-state index contributed by atoms with van der Waals surface area (Å²) in [6, 6.07) is 10.2. The number of carbonyl (C=O) groups is 2. The summed E-state index contributed by atoms with van der Waals surface area (Å²) in [5.74, 6) is -2.10. The number of hydrogen-bond acceptors (Lipinski definition) is 6. The molecule has 2 aromatic rings. The number of allylic oxidation sites excluding steroid dienone is 5. The average Bonchev–Trinajstić information content (AvgIpc) is 3.10. The molecular formula is C40H56F5N3O4S. The van der Waals surface area contributed by atoms with Crippen molar-refractivity contribution in [2.24, 2.45) is 0 Å². The lowest BCUT2D eigenvalue weighted by Gasteiger charge is -2.25. The average molecular weight is 770 g/mol. The van der Waals surface area contributed by atoms with Crippen LogP contribution in [0.4, 0.5) is 22.0 Å². The summed E-state index contributed by atoms with van der Waals surface area (Å²) in [6.07, 6.45) is 3.53. The second-order valence-electron chi connectivity index (χ2n) is 12.7. The van der Waals surface area contributed by atoms with E-state index in [1.165, 1.54) is 17.7 Å². The number of nitrogens with one attached hydrogen (secondary N) is 3. The molecule has 0 aromatic heterocycles. The number of aryl methyl sites for hydroxylation is 1. The van der Waals surface area contributed by atoms with Crippen molar-refractivity contribution in [3.63, 3.8) is 0 Å².